The molecule has 2 heterocycles. The first-order valence-electron chi connectivity index (χ1n) is 10.1. The molecule has 1 aliphatic heterocycles. The highest BCUT2D eigenvalue weighted by Gasteiger charge is 2.66. The maximum atomic E-state index is 14.7. The summed E-state index contributed by atoms with van der Waals surface area (Å²) in [7, 11) is 1.96. The predicted octanol–water partition coefficient (Wildman–Crippen LogP) is 4.37. The molecule has 2 aromatic rings. The van der Waals surface area contributed by atoms with E-state index in [4.69, 9.17) is 9.47 Å². The van der Waals surface area contributed by atoms with Crippen LogP contribution >= 0.6 is 0 Å². The average molecular weight is 506 g/mol. The zero-order valence-corrected chi connectivity index (χ0v) is 18.8. The third kappa shape index (κ3) is 4.40. The number of anilines is 1. The minimum atomic E-state index is -4.97. The summed E-state index contributed by atoms with van der Waals surface area (Å²) in [6, 6.07) is 2.64. The number of rotatable bonds is 5. The van der Waals surface area contributed by atoms with E-state index in [0.717, 1.165) is 39.5 Å². The van der Waals surface area contributed by atoms with Gasteiger partial charge in [-0.15, -0.1) is 0 Å². The second kappa shape index (κ2) is 9.36. The number of carbonyl (C=O) groups excluding carboxylic acids is 2. The number of amides is 1. The van der Waals surface area contributed by atoms with Gasteiger partial charge in [-0.1, -0.05) is 13.0 Å². The third-order valence-electron chi connectivity index (χ3n) is 6.10. The Hall–Kier alpha value is -3.35. The molecule has 4 atom stereocenters. The highest BCUT2D eigenvalue weighted by molar-refractivity contribution is 5.97. The highest BCUT2D eigenvalue weighted by atomic mass is 19.4. The van der Waals surface area contributed by atoms with Crippen molar-refractivity contribution in [2.24, 2.45) is 5.92 Å². The van der Waals surface area contributed by atoms with Crippen LogP contribution < -0.4 is 10.1 Å². The summed E-state index contributed by atoms with van der Waals surface area (Å²) < 4.78 is 99.3. The van der Waals surface area contributed by atoms with Gasteiger partial charge in [-0.25, -0.2) is 18.6 Å². The lowest BCUT2D eigenvalue weighted by molar-refractivity contribution is -0.272. The summed E-state index contributed by atoms with van der Waals surface area (Å²) in [5.74, 6) is -10.1. The van der Waals surface area contributed by atoms with E-state index >= 15 is 0 Å². The smallest absolute Gasteiger partial charge is 0.417 e. The second-order valence-electron chi connectivity index (χ2n) is 7.94. The van der Waals surface area contributed by atoms with Crippen LogP contribution in [0.3, 0.4) is 0 Å². The van der Waals surface area contributed by atoms with Gasteiger partial charge in [0, 0.05) is 23.6 Å². The van der Waals surface area contributed by atoms with Crippen LogP contribution in [-0.4, -0.2) is 49.0 Å². The van der Waals surface area contributed by atoms with Crippen LogP contribution in [0.2, 0.25) is 0 Å². The lowest BCUT2D eigenvalue weighted by Crippen LogP contribution is -2.47. The molecule has 1 aromatic carbocycles. The van der Waals surface area contributed by atoms with E-state index in [1.807, 2.05) is 0 Å². The van der Waals surface area contributed by atoms with E-state index in [0.29, 0.717) is 13.0 Å². The molecule has 0 bridgehead atoms. The molecule has 13 heteroatoms. The molecule has 0 radical (unpaired) electrons. The number of ether oxygens (including phenoxy) is 3. The number of alkyl halides is 3. The van der Waals surface area contributed by atoms with E-state index in [1.54, 1.807) is 0 Å². The molecule has 1 fully saturated rings. The Labute approximate surface area is 195 Å². The Kier molecular flexibility index (Phi) is 7.02. The van der Waals surface area contributed by atoms with Crippen molar-refractivity contribution in [3.8, 4) is 5.75 Å². The van der Waals surface area contributed by atoms with Crippen molar-refractivity contribution in [1.82, 2.24) is 4.98 Å². The quantitative estimate of drug-likeness (QED) is 0.479. The summed E-state index contributed by atoms with van der Waals surface area (Å²) in [5.41, 5.74) is -4.50. The number of aromatic nitrogens is 1. The summed E-state index contributed by atoms with van der Waals surface area (Å²) in [6.45, 7) is 1.85. The number of methoxy groups -OCH3 is 2. The van der Waals surface area contributed by atoms with Crippen molar-refractivity contribution in [2.75, 3.05) is 19.5 Å². The maximum Gasteiger partial charge on any atom is 0.417 e. The average Bonchev–Trinajstić information content (AvgIpc) is 3.08. The molecule has 35 heavy (non-hydrogen) atoms. The van der Waals surface area contributed by atoms with Gasteiger partial charge < -0.3 is 19.5 Å². The van der Waals surface area contributed by atoms with Crippen molar-refractivity contribution in [3.63, 3.8) is 0 Å². The van der Waals surface area contributed by atoms with Gasteiger partial charge in [0.25, 0.3) is 5.91 Å². The Balaban J connectivity index is 2.09. The lowest BCUT2D eigenvalue weighted by Gasteiger charge is -2.32. The van der Waals surface area contributed by atoms with Gasteiger partial charge in [-0.2, -0.15) is 17.6 Å². The van der Waals surface area contributed by atoms with Crippen LogP contribution in [-0.2, 0) is 14.3 Å². The van der Waals surface area contributed by atoms with Crippen molar-refractivity contribution in [3.05, 3.63) is 53.1 Å². The molecule has 1 aliphatic rings. The Morgan fingerprint density at radius 1 is 1.11 bits per heavy atom. The van der Waals surface area contributed by atoms with Crippen molar-refractivity contribution >= 4 is 17.6 Å². The number of carbonyl (C=O) groups is 2. The highest BCUT2D eigenvalue weighted by Crippen LogP contribution is 2.55. The van der Waals surface area contributed by atoms with Gasteiger partial charge in [0.2, 0.25) is 5.82 Å². The van der Waals surface area contributed by atoms with Gasteiger partial charge in [0.15, 0.2) is 28.7 Å². The minimum absolute atomic E-state index is 0.252. The SMILES string of the molecule is COC(=O)c1nccc(NC(=O)[C@@H]2O[C@@](C)(C(F)(F)F)[C@@H](C)[C@H]2c2ccc(F)c(F)c2OC)c1F. The minimum Gasteiger partial charge on any atom is -0.493 e. The van der Waals surface area contributed by atoms with Crippen LogP contribution in [0.25, 0.3) is 0 Å². The van der Waals surface area contributed by atoms with Crippen LogP contribution in [0.4, 0.5) is 32.0 Å². The first-order chi connectivity index (χ1) is 16.3. The van der Waals surface area contributed by atoms with Crippen molar-refractivity contribution in [2.45, 2.75) is 37.6 Å². The maximum absolute atomic E-state index is 14.7. The van der Waals surface area contributed by atoms with E-state index in [2.05, 4.69) is 15.0 Å². The zero-order valence-electron chi connectivity index (χ0n) is 18.8. The number of nitrogens with one attached hydrogen (secondary N) is 1. The summed E-state index contributed by atoms with van der Waals surface area (Å²) in [6.07, 6.45) is -5.94. The van der Waals surface area contributed by atoms with Crippen LogP contribution in [0.15, 0.2) is 24.4 Å². The number of halogens is 6. The fourth-order valence-electron chi connectivity index (χ4n) is 4.02. The van der Waals surface area contributed by atoms with E-state index in [-0.39, 0.29) is 5.56 Å². The zero-order chi connectivity index (χ0) is 26.3. The van der Waals surface area contributed by atoms with Gasteiger partial charge in [0.1, 0.15) is 6.10 Å². The van der Waals surface area contributed by atoms with Crippen LogP contribution in [0.1, 0.15) is 35.8 Å². The van der Waals surface area contributed by atoms with E-state index < -0.39 is 76.2 Å². The normalized spacial score (nSPS) is 24.2. The number of hydrogen-bond donors (Lipinski definition) is 1. The van der Waals surface area contributed by atoms with Crippen LogP contribution in [0, 0.1) is 23.4 Å². The van der Waals surface area contributed by atoms with E-state index in [1.165, 1.54) is 0 Å². The molecule has 0 unspecified atom stereocenters. The van der Waals surface area contributed by atoms with Gasteiger partial charge >= 0.3 is 12.1 Å². The fourth-order valence-corrected chi connectivity index (χ4v) is 4.02. The Morgan fingerprint density at radius 3 is 2.34 bits per heavy atom. The molecule has 3 rings (SSSR count). The first-order valence-corrected chi connectivity index (χ1v) is 10.1. The van der Waals surface area contributed by atoms with Crippen molar-refractivity contribution < 1.29 is 50.1 Å². The molecule has 1 saturated heterocycles. The number of esters is 1. The predicted molar refractivity (Wildman–Crippen MR) is 108 cm³/mol. The number of pyridine rings is 1. The van der Waals surface area contributed by atoms with Crippen LogP contribution in [0.5, 0.6) is 5.75 Å². The van der Waals surface area contributed by atoms with Gasteiger partial charge in [0.05, 0.1) is 19.9 Å². The lowest BCUT2D eigenvalue weighted by atomic mass is 9.77. The van der Waals surface area contributed by atoms with Crippen molar-refractivity contribution in [1.29, 1.82) is 0 Å². The molecule has 1 aromatic heterocycles. The number of nitrogens with zero attached hydrogens (tertiary/aromatic N) is 1. The second-order valence-corrected chi connectivity index (χ2v) is 7.94. The molecule has 0 saturated carbocycles. The fraction of sp³-hybridized carbons (Fsp3) is 0.409. The number of benzene rings is 1. The number of hydrogen-bond acceptors (Lipinski definition) is 6. The van der Waals surface area contributed by atoms with E-state index in [9.17, 15) is 35.9 Å². The largest absolute Gasteiger partial charge is 0.493 e. The molecular formula is C22H20F6N2O5. The summed E-state index contributed by atoms with van der Waals surface area (Å²) in [5, 5.41) is 2.08. The summed E-state index contributed by atoms with van der Waals surface area (Å²) >= 11 is 0. The summed E-state index contributed by atoms with van der Waals surface area (Å²) in [4.78, 5) is 28.3. The Morgan fingerprint density at radius 2 is 1.77 bits per heavy atom. The van der Waals surface area contributed by atoms with Gasteiger partial charge in [-0.05, 0) is 19.1 Å². The monoisotopic (exact) mass is 506 g/mol. The molecule has 0 aliphatic carbocycles. The molecule has 1 amide bonds. The third-order valence-corrected chi connectivity index (χ3v) is 6.10. The molecular weight excluding hydrogens is 486 g/mol. The molecule has 1 N–H and O–H groups in total. The van der Waals surface area contributed by atoms with Gasteiger partial charge in [-0.3, -0.25) is 4.79 Å². The Bertz CT molecular complexity index is 1160. The molecule has 190 valence electrons. The standard InChI is InChI=1S/C22H20F6N2O5/c1-9-13(10-5-6-11(23)14(24)17(10)33-3)18(35-21(9,2)22(26,27)28)19(31)30-12-7-8-29-16(15(12)25)20(32)34-4/h5-9,13,18H,1-4H3,(H,29,30,31)/t9-,13-,18+,21+/m0/s1. The topological polar surface area (TPSA) is 86.8 Å². The first kappa shape index (κ1) is 26.3. The molecule has 0 spiro atoms. The molecule has 7 nitrogen and oxygen atoms in total.